The molecule has 0 aliphatic carbocycles. The second-order valence-electron chi connectivity index (χ2n) is 6.43. The molecule has 1 aromatic carbocycles. The van der Waals surface area contributed by atoms with E-state index in [1.165, 1.54) is 14.0 Å². The van der Waals surface area contributed by atoms with Gasteiger partial charge in [0.2, 0.25) is 5.54 Å². The smallest absolute Gasteiger partial charge is 0.343 e. The number of hydrogen-bond acceptors (Lipinski definition) is 5. The zero-order valence-electron chi connectivity index (χ0n) is 14.4. The van der Waals surface area contributed by atoms with Gasteiger partial charge < -0.3 is 14.8 Å². The lowest BCUT2D eigenvalue weighted by Gasteiger charge is -2.30. The number of hydrogen-bond donors (Lipinski definition) is 1. The quantitative estimate of drug-likeness (QED) is 0.496. The Hall–Kier alpha value is -2.30. The SMILES string of the molecule is C=CCc1ccc(NC(C)(C(=O)OC)C(=O)OC(C)(C)C)cc1. The molecule has 1 unspecified atom stereocenters. The molecule has 1 N–H and O–H groups in total. The van der Waals surface area contributed by atoms with Crippen LogP contribution in [0, 0.1) is 0 Å². The highest BCUT2D eigenvalue weighted by molar-refractivity contribution is 6.07. The van der Waals surface area contributed by atoms with E-state index in [9.17, 15) is 9.59 Å². The van der Waals surface area contributed by atoms with Gasteiger partial charge in [0.15, 0.2) is 0 Å². The number of allylic oxidation sites excluding steroid dienone is 1. The van der Waals surface area contributed by atoms with Crippen LogP contribution in [-0.4, -0.2) is 30.2 Å². The zero-order valence-corrected chi connectivity index (χ0v) is 14.4. The number of benzene rings is 1. The number of anilines is 1. The molecular formula is C18H25NO4. The first kappa shape index (κ1) is 18.7. The summed E-state index contributed by atoms with van der Waals surface area (Å²) in [5.41, 5.74) is -0.622. The van der Waals surface area contributed by atoms with Crippen LogP contribution in [0.5, 0.6) is 0 Å². The zero-order chi connectivity index (χ0) is 17.7. The molecular weight excluding hydrogens is 294 g/mol. The lowest BCUT2D eigenvalue weighted by molar-refractivity contribution is -0.168. The third-order valence-corrected chi connectivity index (χ3v) is 3.13. The van der Waals surface area contributed by atoms with Gasteiger partial charge in [-0.05, 0) is 51.8 Å². The van der Waals surface area contributed by atoms with E-state index < -0.39 is 23.1 Å². The summed E-state index contributed by atoms with van der Waals surface area (Å²) in [6.07, 6.45) is 2.56. The van der Waals surface area contributed by atoms with Crippen LogP contribution >= 0.6 is 0 Å². The molecule has 0 aliphatic heterocycles. The molecule has 0 radical (unpaired) electrons. The Labute approximate surface area is 137 Å². The second-order valence-corrected chi connectivity index (χ2v) is 6.43. The van der Waals surface area contributed by atoms with E-state index in [2.05, 4.69) is 11.9 Å². The summed E-state index contributed by atoms with van der Waals surface area (Å²) in [5.74, 6) is -1.39. The fraction of sp³-hybridized carbons (Fsp3) is 0.444. The van der Waals surface area contributed by atoms with Crippen LogP contribution in [0.4, 0.5) is 5.69 Å². The third-order valence-electron chi connectivity index (χ3n) is 3.13. The number of carbonyl (C=O) groups excluding carboxylic acids is 2. The van der Waals surface area contributed by atoms with Crippen molar-refractivity contribution in [2.75, 3.05) is 12.4 Å². The first-order valence-electron chi connectivity index (χ1n) is 7.42. The summed E-state index contributed by atoms with van der Waals surface area (Å²) in [7, 11) is 1.24. The first-order chi connectivity index (χ1) is 10.6. The molecule has 126 valence electrons. The molecule has 0 amide bonds. The average molecular weight is 319 g/mol. The molecule has 23 heavy (non-hydrogen) atoms. The first-order valence-corrected chi connectivity index (χ1v) is 7.42. The van der Waals surface area contributed by atoms with Crippen molar-refractivity contribution in [2.24, 2.45) is 0 Å². The summed E-state index contributed by atoms with van der Waals surface area (Å²) < 4.78 is 10.1. The van der Waals surface area contributed by atoms with Crippen LogP contribution < -0.4 is 5.32 Å². The molecule has 0 aromatic heterocycles. The summed E-state index contributed by atoms with van der Waals surface area (Å²) in [6.45, 7) is 10.4. The molecule has 0 saturated heterocycles. The Bertz CT molecular complexity index is 572. The molecule has 0 spiro atoms. The largest absolute Gasteiger partial charge is 0.467 e. The molecule has 0 fully saturated rings. The molecule has 0 aliphatic rings. The van der Waals surface area contributed by atoms with Crippen LogP contribution in [0.3, 0.4) is 0 Å². The number of carbonyl (C=O) groups is 2. The highest BCUT2D eigenvalue weighted by atomic mass is 16.6. The minimum absolute atomic E-state index is 0.622. The number of methoxy groups -OCH3 is 1. The van der Waals surface area contributed by atoms with E-state index in [-0.39, 0.29) is 0 Å². The van der Waals surface area contributed by atoms with Gasteiger partial charge in [-0.3, -0.25) is 0 Å². The average Bonchev–Trinajstić information content (AvgIpc) is 2.46. The van der Waals surface area contributed by atoms with Gasteiger partial charge >= 0.3 is 11.9 Å². The van der Waals surface area contributed by atoms with E-state index in [1.807, 2.05) is 18.2 Å². The van der Waals surface area contributed by atoms with Crippen LogP contribution in [0.1, 0.15) is 33.3 Å². The Morgan fingerprint density at radius 2 is 1.70 bits per heavy atom. The van der Waals surface area contributed by atoms with Crippen molar-refractivity contribution >= 4 is 17.6 Å². The predicted octanol–water partition coefficient (Wildman–Crippen LogP) is 3.10. The predicted molar refractivity (Wildman–Crippen MR) is 90.2 cm³/mol. The fourth-order valence-corrected chi connectivity index (χ4v) is 1.95. The van der Waals surface area contributed by atoms with Crippen molar-refractivity contribution in [3.05, 3.63) is 42.5 Å². The van der Waals surface area contributed by atoms with E-state index in [1.54, 1.807) is 32.9 Å². The maximum Gasteiger partial charge on any atom is 0.343 e. The fourth-order valence-electron chi connectivity index (χ4n) is 1.95. The number of nitrogens with one attached hydrogen (secondary N) is 1. The molecule has 0 saturated carbocycles. The maximum atomic E-state index is 12.5. The van der Waals surface area contributed by atoms with Crippen LogP contribution in [-0.2, 0) is 25.5 Å². The van der Waals surface area contributed by atoms with Crippen molar-refractivity contribution in [2.45, 2.75) is 45.3 Å². The molecule has 0 bridgehead atoms. The van der Waals surface area contributed by atoms with Gasteiger partial charge in [-0.15, -0.1) is 6.58 Å². The monoisotopic (exact) mass is 319 g/mol. The van der Waals surface area contributed by atoms with Crippen LogP contribution in [0.2, 0.25) is 0 Å². The molecule has 0 heterocycles. The Morgan fingerprint density at radius 3 is 2.13 bits per heavy atom. The number of ether oxygens (including phenoxy) is 2. The van der Waals surface area contributed by atoms with Gasteiger partial charge in [-0.1, -0.05) is 18.2 Å². The highest BCUT2D eigenvalue weighted by Crippen LogP contribution is 2.22. The van der Waals surface area contributed by atoms with E-state index in [0.717, 1.165) is 12.0 Å². The molecule has 1 rings (SSSR count). The van der Waals surface area contributed by atoms with Crippen LogP contribution in [0.25, 0.3) is 0 Å². The van der Waals surface area contributed by atoms with E-state index in [4.69, 9.17) is 9.47 Å². The summed E-state index contributed by atoms with van der Waals surface area (Å²) >= 11 is 0. The topological polar surface area (TPSA) is 64.6 Å². The third kappa shape index (κ3) is 5.13. The highest BCUT2D eigenvalue weighted by Gasteiger charge is 2.45. The summed E-state index contributed by atoms with van der Waals surface area (Å²) in [5, 5.41) is 2.92. The number of esters is 2. The van der Waals surface area contributed by atoms with Crippen molar-refractivity contribution in [1.82, 2.24) is 0 Å². The van der Waals surface area contributed by atoms with E-state index >= 15 is 0 Å². The van der Waals surface area contributed by atoms with Crippen molar-refractivity contribution in [1.29, 1.82) is 0 Å². The van der Waals surface area contributed by atoms with Gasteiger partial charge in [0.25, 0.3) is 0 Å². The summed E-state index contributed by atoms with van der Waals surface area (Å²) in [4.78, 5) is 24.6. The Kier molecular flexibility index (Phi) is 5.96. The molecule has 1 atom stereocenters. The van der Waals surface area contributed by atoms with Crippen molar-refractivity contribution in [3.8, 4) is 0 Å². The summed E-state index contributed by atoms with van der Waals surface area (Å²) in [6, 6.07) is 7.39. The van der Waals surface area contributed by atoms with Gasteiger partial charge in [-0.2, -0.15) is 0 Å². The van der Waals surface area contributed by atoms with Crippen molar-refractivity contribution in [3.63, 3.8) is 0 Å². The maximum absolute atomic E-state index is 12.5. The lowest BCUT2D eigenvalue weighted by atomic mass is 10.0. The molecule has 1 aromatic rings. The second kappa shape index (κ2) is 7.31. The minimum atomic E-state index is -1.62. The molecule has 5 nitrogen and oxygen atoms in total. The Morgan fingerprint density at radius 1 is 1.13 bits per heavy atom. The van der Waals surface area contributed by atoms with Crippen LogP contribution in [0.15, 0.2) is 36.9 Å². The van der Waals surface area contributed by atoms with Crippen molar-refractivity contribution < 1.29 is 19.1 Å². The minimum Gasteiger partial charge on any atom is -0.467 e. The standard InChI is InChI=1S/C18H25NO4/c1-7-8-13-9-11-14(12-10-13)19-18(5,15(20)22-6)16(21)23-17(2,3)4/h7,9-12,19H,1,8H2,2-6H3. The van der Waals surface area contributed by atoms with Gasteiger partial charge in [-0.25, -0.2) is 9.59 Å². The Balaban J connectivity index is 3.04. The van der Waals surface area contributed by atoms with E-state index in [0.29, 0.717) is 5.69 Å². The normalized spacial score (nSPS) is 13.6. The lowest BCUT2D eigenvalue weighted by Crippen LogP contribution is -2.54. The van der Waals surface area contributed by atoms with Gasteiger partial charge in [0, 0.05) is 5.69 Å². The molecule has 5 heteroatoms. The van der Waals surface area contributed by atoms with Gasteiger partial charge in [0.1, 0.15) is 5.60 Å². The number of rotatable bonds is 6. The van der Waals surface area contributed by atoms with Gasteiger partial charge in [0.05, 0.1) is 7.11 Å².